The van der Waals surface area contributed by atoms with Crippen LogP contribution in [-0.2, 0) is 21.9 Å². The van der Waals surface area contributed by atoms with Crippen molar-refractivity contribution in [1.82, 2.24) is 8.87 Å². The van der Waals surface area contributed by atoms with E-state index in [1.54, 1.807) is 0 Å². The Morgan fingerprint density at radius 1 is 1.21 bits per heavy atom. The Balaban J connectivity index is 1.70. The van der Waals surface area contributed by atoms with Crippen molar-refractivity contribution in [2.24, 2.45) is 12.0 Å². The van der Waals surface area contributed by atoms with Crippen molar-refractivity contribution in [3.05, 3.63) is 57.9 Å². The summed E-state index contributed by atoms with van der Waals surface area (Å²) in [6.07, 6.45) is 1.08. The first kappa shape index (κ1) is 20.3. The number of aryl methyl sites for hydroxylation is 2. The van der Waals surface area contributed by atoms with E-state index in [4.69, 9.17) is 11.6 Å². The van der Waals surface area contributed by atoms with E-state index in [9.17, 15) is 13.2 Å². The number of carbonyl (C=O) groups excluding carboxylic acids is 1. The summed E-state index contributed by atoms with van der Waals surface area (Å²) >= 11 is 7.30. The number of aromatic nitrogens is 1. The van der Waals surface area contributed by atoms with E-state index in [1.807, 2.05) is 36.7 Å². The molecule has 9 heteroatoms. The summed E-state index contributed by atoms with van der Waals surface area (Å²) in [7, 11) is -1.92. The predicted molar refractivity (Wildman–Crippen MR) is 114 cm³/mol. The molecule has 0 bridgehead atoms. The fourth-order valence-corrected chi connectivity index (χ4v) is 6.57. The minimum atomic E-state index is -3.79. The van der Waals surface area contributed by atoms with E-state index >= 15 is 0 Å². The van der Waals surface area contributed by atoms with Crippen molar-refractivity contribution in [3.63, 3.8) is 0 Å². The average Bonchev–Trinajstić information content (AvgIpc) is 3.29. The van der Waals surface area contributed by atoms with Crippen molar-refractivity contribution >= 4 is 49.1 Å². The van der Waals surface area contributed by atoms with Crippen LogP contribution in [0.4, 0.5) is 0 Å². The van der Waals surface area contributed by atoms with Gasteiger partial charge in [0.2, 0.25) is 10.0 Å². The van der Waals surface area contributed by atoms with Gasteiger partial charge in [0.15, 0.2) is 4.80 Å². The van der Waals surface area contributed by atoms with Crippen molar-refractivity contribution in [1.29, 1.82) is 0 Å². The lowest BCUT2D eigenvalue weighted by Gasteiger charge is -2.21. The zero-order valence-corrected chi connectivity index (χ0v) is 18.4. The van der Waals surface area contributed by atoms with Crippen LogP contribution in [0.2, 0.25) is 5.02 Å². The molecule has 1 aliphatic heterocycles. The minimum Gasteiger partial charge on any atom is -0.319 e. The summed E-state index contributed by atoms with van der Waals surface area (Å²) in [6, 6.07) is 11.2. The molecule has 1 unspecified atom stereocenters. The highest BCUT2D eigenvalue weighted by molar-refractivity contribution is 7.89. The predicted octanol–water partition coefficient (Wildman–Crippen LogP) is 3.48. The minimum absolute atomic E-state index is 0.129. The number of amides is 1. The molecule has 152 valence electrons. The van der Waals surface area contributed by atoms with Gasteiger partial charge in [0.1, 0.15) is 6.04 Å². The largest absolute Gasteiger partial charge is 0.319 e. The Morgan fingerprint density at radius 3 is 2.62 bits per heavy atom. The van der Waals surface area contributed by atoms with E-state index in [1.165, 1.54) is 39.9 Å². The standard InChI is InChI=1S/C20H20ClN3O3S2/c1-13-5-3-7-17-18(13)23(2)20(28-17)22-19(25)16-6-4-12-24(16)29(26,27)15-10-8-14(21)9-11-15/h3,5,7-11,16H,4,6,12H2,1-2H3. The Labute approximate surface area is 178 Å². The van der Waals surface area contributed by atoms with E-state index < -0.39 is 22.0 Å². The van der Waals surface area contributed by atoms with Crippen LogP contribution >= 0.6 is 22.9 Å². The van der Waals surface area contributed by atoms with Crippen LogP contribution in [0.1, 0.15) is 18.4 Å². The molecule has 0 N–H and O–H groups in total. The highest BCUT2D eigenvalue weighted by Gasteiger charge is 2.39. The summed E-state index contributed by atoms with van der Waals surface area (Å²) in [4.78, 5) is 18.0. The fraction of sp³-hybridized carbons (Fsp3) is 0.300. The maximum absolute atomic E-state index is 13.1. The normalized spacial score (nSPS) is 18.6. The molecule has 0 aliphatic carbocycles. The van der Waals surface area contributed by atoms with Crippen molar-refractivity contribution in [2.75, 3.05) is 6.54 Å². The molecule has 6 nitrogen and oxygen atoms in total. The van der Waals surface area contributed by atoms with Crippen LogP contribution in [0.15, 0.2) is 52.4 Å². The zero-order valence-electron chi connectivity index (χ0n) is 16.0. The van der Waals surface area contributed by atoms with Gasteiger partial charge in [-0.15, -0.1) is 0 Å². The molecule has 1 fully saturated rings. The second-order valence-electron chi connectivity index (χ2n) is 7.04. The molecule has 4 rings (SSSR count). The lowest BCUT2D eigenvalue weighted by molar-refractivity contribution is -0.121. The van der Waals surface area contributed by atoms with Crippen LogP contribution in [0.3, 0.4) is 0 Å². The van der Waals surface area contributed by atoms with Gasteiger partial charge in [-0.05, 0) is 55.7 Å². The molecule has 29 heavy (non-hydrogen) atoms. The van der Waals surface area contributed by atoms with Gasteiger partial charge in [-0.25, -0.2) is 8.42 Å². The van der Waals surface area contributed by atoms with Crippen LogP contribution in [0.5, 0.6) is 0 Å². The first-order valence-electron chi connectivity index (χ1n) is 9.20. The van der Waals surface area contributed by atoms with E-state index in [0.717, 1.165) is 15.8 Å². The van der Waals surface area contributed by atoms with E-state index in [2.05, 4.69) is 4.99 Å². The second-order valence-corrected chi connectivity index (χ2v) is 10.4. The average molecular weight is 450 g/mol. The Morgan fingerprint density at radius 2 is 1.93 bits per heavy atom. The molecule has 1 aliphatic rings. The molecular weight excluding hydrogens is 430 g/mol. The van der Waals surface area contributed by atoms with Gasteiger partial charge in [-0.3, -0.25) is 4.79 Å². The highest BCUT2D eigenvalue weighted by atomic mass is 35.5. The van der Waals surface area contributed by atoms with Gasteiger partial charge in [0.25, 0.3) is 5.91 Å². The van der Waals surface area contributed by atoms with Crippen LogP contribution in [0, 0.1) is 6.92 Å². The maximum atomic E-state index is 13.1. The van der Waals surface area contributed by atoms with Gasteiger partial charge >= 0.3 is 0 Å². The second kappa shape index (κ2) is 7.68. The van der Waals surface area contributed by atoms with Crippen molar-refractivity contribution in [3.8, 4) is 0 Å². The first-order valence-corrected chi connectivity index (χ1v) is 11.8. The van der Waals surface area contributed by atoms with Gasteiger partial charge < -0.3 is 4.57 Å². The van der Waals surface area contributed by atoms with Crippen LogP contribution in [-0.4, -0.2) is 35.8 Å². The number of hydrogen-bond donors (Lipinski definition) is 0. The third-order valence-corrected chi connectivity index (χ3v) is 8.41. The number of hydrogen-bond acceptors (Lipinski definition) is 4. The van der Waals surface area contributed by atoms with Gasteiger partial charge in [-0.2, -0.15) is 9.30 Å². The number of nitrogens with zero attached hydrogens (tertiary/aromatic N) is 3. The number of benzene rings is 2. The molecule has 2 aromatic carbocycles. The number of sulfonamides is 1. The molecule has 1 aromatic heterocycles. The monoisotopic (exact) mass is 449 g/mol. The number of halogens is 1. The topological polar surface area (TPSA) is 71.7 Å². The maximum Gasteiger partial charge on any atom is 0.266 e. The van der Waals surface area contributed by atoms with Gasteiger partial charge in [-0.1, -0.05) is 35.1 Å². The lowest BCUT2D eigenvalue weighted by atomic mass is 10.2. The van der Waals surface area contributed by atoms with Crippen molar-refractivity contribution < 1.29 is 13.2 Å². The molecule has 2 heterocycles. The van der Waals surface area contributed by atoms with E-state index in [-0.39, 0.29) is 4.90 Å². The van der Waals surface area contributed by atoms with Gasteiger partial charge in [0, 0.05) is 18.6 Å². The molecule has 0 saturated carbocycles. The number of carbonyl (C=O) groups is 1. The Kier molecular flexibility index (Phi) is 5.37. The molecule has 1 amide bonds. The first-order chi connectivity index (χ1) is 13.8. The number of fused-ring (bicyclic) bond motifs is 1. The smallest absolute Gasteiger partial charge is 0.266 e. The molecule has 1 atom stereocenters. The quantitative estimate of drug-likeness (QED) is 0.614. The van der Waals surface area contributed by atoms with Crippen LogP contribution in [0.25, 0.3) is 10.2 Å². The number of rotatable bonds is 3. The van der Waals surface area contributed by atoms with Crippen molar-refractivity contribution in [2.45, 2.75) is 30.7 Å². The van der Waals surface area contributed by atoms with Gasteiger partial charge in [0.05, 0.1) is 15.1 Å². The zero-order chi connectivity index (χ0) is 20.8. The summed E-state index contributed by atoms with van der Waals surface area (Å²) < 4.78 is 30.3. The SMILES string of the molecule is Cc1cccc2sc(=NC(=O)C3CCCN3S(=O)(=O)c3ccc(Cl)cc3)n(C)c12. The summed E-state index contributed by atoms with van der Waals surface area (Å²) in [5.41, 5.74) is 2.13. The molecule has 1 saturated heterocycles. The summed E-state index contributed by atoms with van der Waals surface area (Å²) in [5, 5.41) is 0.459. The third-order valence-electron chi connectivity index (χ3n) is 5.14. The molecule has 3 aromatic rings. The molecule has 0 radical (unpaired) electrons. The molecular formula is C20H20ClN3O3S2. The fourth-order valence-electron chi connectivity index (χ4n) is 3.69. The third kappa shape index (κ3) is 3.66. The Hall–Kier alpha value is -2.00. The molecule has 0 spiro atoms. The summed E-state index contributed by atoms with van der Waals surface area (Å²) in [5.74, 6) is -0.431. The van der Waals surface area contributed by atoms with Crippen LogP contribution < -0.4 is 4.80 Å². The lowest BCUT2D eigenvalue weighted by Crippen LogP contribution is -2.40. The number of para-hydroxylation sites is 1. The Bertz CT molecular complexity index is 1260. The number of thiazole rings is 1. The summed E-state index contributed by atoms with van der Waals surface area (Å²) in [6.45, 7) is 2.31. The van der Waals surface area contributed by atoms with E-state index in [0.29, 0.717) is 29.2 Å². The highest BCUT2D eigenvalue weighted by Crippen LogP contribution is 2.28.